The summed E-state index contributed by atoms with van der Waals surface area (Å²) in [7, 11) is 1.90. The Balaban J connectivity index is 0. The second-order valence-corrected chi connectivity index (χ2v) is 2.47. The Morgan fingerprint density at radius 3 is 2.67 bits per heavy atom. The molecule has 72 valence electrons. The third-order valence-electron chi connectivity index (χ3n) is 1.35. The molecule has 0 aliphatic rings. The van der Waals surface area contributed by atoms with Crippen molar-refractivity contribution in [2.24, 2.45) is 0 Å². The number of carbonyl (C=O) groups excluding carboxylic acids is 1. The molecule has 1 amide bonds. The summed E-state index contributed by atoms with van der Waals surface area (Å²) in [5.41, 5.74) is 0. The molecule has 0 aromatic carbocycles. The molecule has 12 heavy (non-hydrogen) atoms. The van der Waals surface area contributed by atoms with E-state index in [2.05, 4.69) is 10.3 Å². The smallest absolute Gasteiger partial charge is 0.216 e. The molecule has 0 aliphatic carbocycles. The number of unbranched alkanes of at least 4 members (excludes halogenated alkanes) is 2. The van der Waals surface area contributed by atoms with Crippen molar-refractivity contribution in [3.05, 3.63) is 0 Å². The van der Waals surface area contributed by atoms with Gasteiger partial charge in [0, 0.05) is 19.9 Å². The summed E-state index contributed by atoms with van der Waals surface area (Å²) in [5.74, 6) is 0.0580. The van der Waals surface area contributed by atoms with Crippen molar-refractivity contribution in [1.29, 1.82) is 0 Å². The molecule has 0 rings (SSSR count). The molecular weight excluding hydrogens is 154 g/mol. The van der Waals surface area contributed by atoms with Crippen molar-refractivity contribution in [2.75, 3.05) is 13.6 Å². The van der Waals surface area contributed by atoms with Crippen molar-refractivity contribution < 1.29 is 9.79 Å². The molecule has 0 aromatic rings. The van der Waals surface area contributed by atoms with Crippen LogP contribution in [0.15, 0.2) is 0 Å². The van der Waals surface area contributed by atoms with Gasteiger partial charge in [0.2, 0.25) is 5.91 Å². The molecular formula is C9H21N2O+. The fourth-order valence-corrected chi connectivity index (χ4v) is 0.780. The number of amides is 1. The molecule has 0 unspecified atom stereocenters. The molecule has 0 atom stereocenters. The zero-order chi connectivity index (χ0) is 8.53. The van der Waals surface area contributed by atoms with Crippen LogP contribution in [0.1, 0.15) is 33.6 Å². The van der Waals surface area contributed by atoms with Gasteiger partial charge in [-0.25, -0.2) is 0 Å². The second kappa shape index (κ2) is 10.1. The average molecular weight is 175 g/mol. The maximum Gasteiger partial charge on any atom is 0.216 e. The fraction of sp³-hybridized carbons (Fsp3) is 0.778. The van der Waals surface area contributed by atoms with Crippen molar-refractivity contribution in [3.63, 3.8) is 0 Å². The van der Waals surface area contributed by atoms with Gasteiger partial charge in [0.1, 0.15) is 13.3 Å². The normalized spacial score (nSPS) is 9.50. The molecule has 0 fully saturated rings. The minimum absolute atomic E-state index is 0. The van der Waals surface area contributed by atoms with E-state index in [1.165, 1.54) is 0 Å². The largest absolute Gasteiger partial charge is 0.356 e. The molecule has 0 saturated carbocycles. The van der Waals surface area contributed by atoms with Crippen LogP contribution in [0.5, 0.6) is 0 Å². The van der Waals surface area contributed by atoms with Crippen molar-refractivity contribution in [2.45, 2.75) is 33.6 Å². The first-order valence-electron chi connectivity index (χ1n) is 4.00. The maximum absolute atomic E-state index is 10.4. The molecule has 0 aliphatic heterocycles. The first kappa shape index (κ1) is 13.7. The fourth-order valence-electron chi connectivity index (χ4n) is 0.780. The lowest BCUT2D eigenvalue weighted by atomic mass is 10.2. The summed E-state index contributed by atoms with van der Waals surface area (Å²) in [6, 6.07) is 0. The van der Waals surface area contributed by atoms with E-state index in [-0.39, 0.29) is 13.3 Å². The molecule has 0 saturated heterocycles. The van der Waals surface area contributed by atoms with E-state index in [0.717, 1.165) is 25.8 Å². The van der Waals surface area contributed by atoms with E-state index >= 15 is 0 Å². The van der Waals surface area contributed by atoms with E-state index < -0.39 is 0 Å². The second-order valence-electron chi connectivity index (χ2n) is 2.47. The minimum atomic E-state index is 0. The first-order valence-corrected chi connectivity index (χ1v) is 4.00. The standard InChI is InChI=1S/C8H16N2O.CH4/c1-8(11)10-7-5-3-4-6-9-2;/h6H,3-5,7H2,1-2H3,(H,10,11);1H4/p+1/i2+1;1+1. The van der Waals surface area contributed by atoms with Gasteiger partial charge in [-0.15, -0.1) is 0 Å². The van der Waals surface area contributed by atoms with Gasteiger partial charge in [0.05, 0.1) is 0 Å². The lowest BCUT2D eigenvalue weighted by Gasteiger charge is -1.98. The Morgan fingerprint density at radius 1 is 1.50 bits per heavy atom. The predicted octanol–water partition coefficient (Wildman–Crippen LogP) is -0.290. The van der Waals surface area contributed by atoms with E-state index in [0.29, 0.717) is 0 Å². The topological polar surface area (TPSA) is 43.1 Å². The summed E-state index contributed by atoms with van der Waals surface area (Å²) >= 11 is 0. The van der Waals surface area contributed by atoms with Crippen LogP contribution >= 0.6 is 0 Å². The number of rotatable bonds is 5. The highest BCUT2D eigenvalue weighted by atomic mass is 16.1. The van der Waals surface area contributed by atoms with Gasteiger partial charge in [0.25, 0.3) is 0 Å². The number of hydrogen-bond donors (Lipinski definition) is 2. The first-order chi connectivity index (χ1) is 5.27. The van der Waals surface area contributed by atoms with E-state index in [9.17, 15) is 4.79 Å². The highest BCUT2D eigenvalue weighted by Gasteiger charge is 1.90. The van der Waals surface area contributed by atoms with Crippen molar-refractivity contribution in [3.8, 4) is 0 Å². The monoisotopic (exact) mass is 175 g/mol. The summed E-state index contributed by atoms with van der Waals surface area (Å²) in [5, 5.41) is 2.75. The van der Waals surface area contributed by atoms with Crippen LogP contribution in [0.25, 0.3) is 0 Å². The Kier molecular flexibility index (Phi) is 11.6. The lowest BCUT2D eigenvalue weighted by molar-refractivity contribution is -0.415. The van der Waals surface area contributed by atoms with Crippen LogP contribution in [0.3, 0.4) is 0 Å². The van der Waals surface area contributed by atoms with Gasteiger partial charge in [0.15, 0.2) is 0 Å². The molecule has 3 nitrogen and oxygen atoms in total. The quantitative estimate of drug-likeness (QED) is 0.336. The van der Waals surface area contributed by atoms with Crippen molar-refractivity contribution >= 4 is 12.1 Å². The van der Waals surface area contributed by atoms with Crippen LogP contribution in [0, 0.1) is 0 Å². The summed E-state index contributed by atoms with van der Waals surface area (Å²) in [4.78, 5) is 13.4. The molecule has 0 spiro atoms. The molecule has 0 aromatic heterocycles. The third kappa shape index (κ3) is 11.9. The molecule has 3 heteroatoms. The highest BCUT2D eigenvalue weighted by molar-refractivity contribution is 5.72. The van der Waals surface area contributed by atoms with Crippen LogP contribution in [0.4, 0.5) is 0 Å². The van der Waals surface area contributed by atoms with Crippen LogP contribution in [-0.4, -0.2) is 25.7 Å². The van der Waals surface area contributed by atoms with Crippen LogP contribution in [0.2, 0.25) is 0 Å². The molecule has 0 radical (unpaired) electrons. The summed E-state index contributed by atoms with van der Waals surface area (Å²) in [6.07, 6.45) is 5.27. The SMILES string of the molecule is CC(=O)NCCCCC=[NH+][13CH3].[13CH4]. The zero-order valence-corrected chi connectivity index (χ0v) is 7.31. The van der Waals surface area contributed by atoms with Crippen molar-refractivity contribution in [1.82, 2.24) is 5.32 Å². The molecule has 0 bridgehead atoms. The Morgan fingerprint density at radius 2 is 2.17 bits per heavy atom. The zero-order valence-electron chi connectivity index (χ0n) is 7.31. The minimum Gasteiger partial charge on any atom is -0.356 e. The summed E-state index contributed by atoms with van der Waals surface area (Å²) < 4.78 is 0. The lowest BCUT2D eigenvalue weighted by Crippen LogP contribution is -2.62. The van der Waals surface area contributed by atoms with E-state index in [1.54, 1.807) is 6.92 Å². The van der Waals surface area contributed by atoms with Gasteiger partial charge < -0.3 is 5.32 Å². The van der Waals surface area contributed by atoms with E-state index in [4.69, 9.17) is 0 Å². The number of nitrogens with one attached hydrogen (secondary N) is 2. The third-order valence-corrected chi connectivity index (χ3v) is 1.35. The van der Waals surface area contributed by atoms with Gasteiger partial charge in [-0.2, -0.15) is 0 Å². The number of carbonyl (C=O) groups is 1. The Hall–Kier alpha value is -0.860. The van der Waals surface area contributed by atoms with Gasteiger partial charge in [-0.3, -0.25) is 9.79 Å². The predicted molar refractivity (Wildman–Crippen MR) is 52.2 cm³/mol. The van der Waals surface area contributed by atoms with Crippen LogP contribution in [-0.2, 0) is 4.79 Å². The van der Waals surface area contributed by atoms with E-state index in [1.807, 2.05) is 13.3 Å². The summed E-state index contributed by atoms with van der Waals surface area (Å²) in [6.45, 7) is 2.34. The van der Waals surface area contributed by atoms with Gasteiger partial charge in [-0.05, 0) is 12.8 Å². The van der Waals surface area contributed by atoms with Gasteiger partial charge >= 0.3 is 0 Å². The maximum atomic E-state index is 10.4. The van der Waals surface area contributed by atoms with Gasteiger partial charge in [-0.1, -0.05) is 7.43 Å². The Labute approximate surface area is 75.3 Å². The Bertz CT molecular complexity index is 132. The molecule has 2 N–H and O–H groups in total. The number of hydrogen-bond acceptors (Lipinski definition) is 1. The highest BCUT2D eigenvalue weighted by Crippen LogP contribution is 1.88. The van der Waals surface area contributed by atoms with Crippen LogP contribution < -0.4 is 10.3 Å². The average Bonchev–Trinajstić information content (AvgIpc) is 1.96. The molecule has 0 heterocycles.